The van der Waals surface area contributed by atoms with Crippen LogP contribution in [0.4, 0.5) is 0 Å². The highest BCUT2D eigenvalue weighted by Gasteiger charge is 2.35. The van der Waals surface area contributed by atoms with Crippen LogP contribution in [-0.2, 0) is 11.0 Å². The van der Waals surface area contributed by atoms with Gasteiger partial charge in [-0.15, -0.1) is 0 Å². The van der Waals surface area contributed by atoms with Gasteiger partial charge in [0.05, 0.1) is 11.5 Å². The zero-order valence-electron chi connectivity index (χ0n) is 11.9. The topological polar surface area (TPSA) is 151 Å². The van der Waals surface area contributed by atoms with Gasteiger partial charge in [0.2, 0.25) is 0 Å². The van der Waals surface area contributed by atoms with Crippen LogP contribution >= 0.6 is 7.75 Å². The summed E-state index contributed by atoms with van der Waals surface area (Å²) in [4.78, 5) is 17.9. The van der Waals surface area contributed by atoms with Gasteiger partial charge in [0.25, 0.3) is 0 Å². The van der Waals surface area contributed by atoms with Gasteiger partial charge in [-0.1, -0.05) is 12.1 Å². The molecule has 2 rings (SSSR count). The van der Waals surface area contributed by atoms with Crippen LogP contribution in [-0.4, -0.2) is 41.7 Å². The number of allylic oxidation sites excluding steroid dienone is 3. The number of hydrogen-bond acceptors (Lipinski definition) is 5. The molecule has 1 aliphatic carbocycles. The molecule has 1 aliphatic rings. The van der Waals surface area contributed by atoms with Crippen molar-refractivity contribution in [3.8, 4) is 5.75 Å². The van der Waals surface area contributed by atoms with Crippen LogP contribution in [0.1, 0.15) is 12.0 Å². The highest BCUT2D eigenvalue weighted by Crippen LogP contribution is 2.39. The SMILES string of the molecule is O=P(O)(O)N=C1CC(O)=CC=C1C(O)(O)Cc1ccc(O)cc1. The Labute approximate surface area is 131 Å². The normalized spacial score (nSPS) is 17.8. The number of phenolic OH excluding ortho intramolecular Hbond substituents is 1. The predicted molar refractivity (Wildman–Crippen MR) is 81.9 cm³/mol. The van der Waals surface area contributed by atoms with E-state index in [1.807, 2.05) is 0 Å². The summed E-state index contributed by atoms with van der Waals surface area (Å²) in [6, 6.07) is 5.70. The maximum absolute atomic E-state index is 11.1. The second-order valence-electron chi connectivity index (χ2n) is 5.13. The Hall–Kier alpha value is -1.96. The molecule has 0 heterocycles. The molecule has 0 amide bonds. The molecule has 9 heteroatoms. The molecule has 0 atom stereocenters. The average molecular weight is 341 g/mol. The molecule has 124 valence electrons. The van der Waals surface area contributed by atoms with E-state index in [9.17, 15) is 25.0 Å². The van der Waals surface area contributed by atoms with E-state index in [1.165, 1.54) is 30.3 Å². The molecular weight excluding hydrogens is 325 g/mol. The molecule has 0 spiro atoms. The van der Waals surface area contributed by atoms with E-state index in [2.05, 4.69) is 4.76 Å². The summed E-state index contributed by atoms with van der Waals surface area (Å²) in [7, 11) is -4.80. The standard InChI is InChI=1S/C14H16NO7P/c16-10-3-1-9(2-4-10)8-14(18,19)12-6-5-11(17)7-13(12)15-23(20,21)22/h1-6,16-19H,7-8H2,(H2,20,21,22). The number of hydrogen-bond donors (Lipinski definition) is 6. The second kappa shape index (κ2) is 6.27. The number of aliphatic hydroxyl groups is 3. The van der Waals surface area contributed by atoms with E-state index in [0.717, 1.165) is 6.08 Å². The summed E-state index contributed by atoms with van der Waals surface area (Å²) in [5, 5.41) is 39.3. The molecule has 0 unspecified atom stereocenters. The van der Waals surface area contributed by atoms with E-state index in [-0.39, 0.29) is 35.6 Å². The monoisotopic (exact) mass is 341 g/mol. The maximum atomic E-state index is 11.1. The number of aromatic hydroxyl groups is 1. The van der Waals surface area contributed by atoms with Gasteiger partial charge in [0, 0.05) is 18.4 Å². The van der Waals surface area contributed by atoms with Crippen molar-refractivity contribution in [2.45, 2.75) is 18.6 Å². The molecular formula is C14H16NO7P. The first-order valence-electron chi connectivity index (χ1n) is 6.55. The molecule has 6 N–H and O–H groups in total. The van der Waals surface area contributed by atoms with Crippen molar-refractivity contribution in [3.05, 3.63) is 53.3 Å². The number of aliphatic hydroxyl groups excluding tert-OH is 1. The number of nitrogens with zero attached hydrogens (tertiary/aromatic N) is 1. The minimum atomic E-state index is -4.80. The van der Waals surface area contributed by atoms with Gasteiger partial charge in [0.1, 0.15) is 5.75 Å². The molecule has 8 nitrogen and oxygen atoms in total. The highest BCUT2D eigenvalue weighted by molar-refractivity contribution is 7.50. The van der Waals surface area contributed by atoms with Crippen LogP contribution in [0.2, 0.25) is 0 Å². The van der Waals surface area contributed by atoms with E-state index < -0.39 is 13.5 Å². The molecule has 0 aromatic heterocycles. The summed E-state index contributed by atoms with van der Waals surface area (Å²) >= 11 is 0. The minimum absolute atomic E-state index is 0.0173. The first-order chi connectivity index (χ1) is 10.6. The Kier molecular flexibility index (Phi) is 4.74. The van der Waals surface area contributed by atoms with Crippen molar-refractivity contribution in [1.29, 1.82) is 0 Å². The molecule has 0 fully saturated rings. The summed E-state index contributed by atoms with van der Waals surface area (Å²) in [6.45, 7) is 0. The van der Waals surface area contributed by atoms with E-state index in [4.69, 9.17) is 9.79 Å². The highest BCUT2D eigenvalue weighted by atomic mass is 31.2. The van der Waals surface area contributed by atoms with E-state index in [0.29, 0.717) is 5.56 Å². The molecule has 0 saturated carbocycles. The lowest BCUT2D eigenvalue weighted by Crippen LogP contribution is -2.38. The van der Waals surface area contributed by atoms with Crippen molar-refractivity contribution in [2.75, 3.05) is 0 Å². The fourth-order valence-electron chi connectivity index (χ4n) is 2.21. The largest absolute Gasteiger partial charge is 0.512 e. The minimum Gasteiger partial charge on any atom is -0.512 e. The summed E-state index contributed by atoms with van der Waals surface area (Å²) in [5.74, 6) is -2.65. The van der Waals surface area contributed by atoms with Gasteiger partial charge in [-0.2, -0.15) is 4.76 Å². The first-order valence-corrected chi connectivity index (χ1v) is 8.11. The number of rotatable bonds is 4. The van der Waals surface area contributed by atoms with Crippen LogP contribution in [0.3, 0.4) is 0 Å². The molecule has 0 aliphatic heterocycles. The summed E-state index contributed by atoms with van der Waals surface area (Å²) in [5.41, 5.74) is -0.0446. The summed E-state index contributed by atoms with van der Waals surface area (Å²) in [6.07, 6.45) is 1.73. The predicted octanol–water partition coefficient (Wildman–Crippen LogP) is 0.921. The van der Waals surface area contributed by atoms with Crippen LogP contribution in [0, 0.1) is 0 Å². The number of benzene rings is 1. The smallest absolute Gasteiger partial charge is 0.448 e. The molecule has 0 radical (unpaired) electrons. The third-order valence-corrected chi connectivity index (χ3v) is 3.67. The van der Waals surface area contributed by atoms with Crippen LogP contribution in [0.5, 0.6) is 5.75 Å². The third kappa shape index (κ3) is 4.75. The van der Waals surface area contributed by atoms with Gasteiger partial charge in [-0.25, -0.2) is 4.57 Å². The van der Waals surface area contributed by atoms with Crippen molar-refractivity contribution < 1.29 is 34.8 Å². The lowest BCUT2D eigenvalue weighted by molar-refractivity contribution is -0.121. The van der Waals surface area contributed by atoms with Crippen molar-refractivity contribution >= 4 is 13.5 Å². The fraction of sp³-hybridized carbons (Fsp3) is 0.214. The first kappa shape index (κ1) is 17.4. The van der Waals surface area contributed by atoms with Crippen LogP contribution in [0.15, 0.2) is 52.5 Å². The lowest BCUT2D eigenvalue weighted by Gasteiger charge is -2.28. The lowest BCUT2D eigenvalue weighted by atomic mass is 9.90. The van der Waals surface area contributed by atoms with Gasteiger partial charge >= 0.3 is 7.75 Å². The molecule has 1 aromatic rings. The van der Waals surface area contributed by atoms with E-state index in [1.54, 1.807) is 0 Å². The fourth-order valence-corrected chi connectivity index (χ4v) is 2.70. The molecule has 1 aromatic carbocycles. The van der Waals surface area contributed by atoms with Crippen molar-refractivity contribution in [1.82, 2.24) is 0 Å². The van der Waals surface area contributed by atoms with Crippen LogP contribution < -0.4 is 0 Å². The molecule has 0 saturated heterocycles. The average Bonchev–Trinajstić information content (AvgIpc) is 2.39. The molecule has 23 heavy (non-hydrogen) atoms. The second-order valence-corrected chi connectivity index (χ2v) is 6.36. The zero-order chi connectivity index (χ0) is 17.3. The van der Waals surface area contributed by atoms with E-state index >= 15 is 0 Å². The van der Waals surface area contributed by atoms with Crippen LogP contribution in [0.25, 0.3) is 0 Å². The van der Waals surface area contributed by atoms with Gasteiger partial charge in [-0.3, -0.25) is 0 Å². The van der Waals surface area contributed by atoms with Crippen molar-refractivity contribution in [2.24, 2.45) is 4.76 Å². The number of phenols is 1. The van der Waals surface area contributed by atoms with Gasteiger partial charge in [0.15, 0.2) is 5.79 Å². The Morgan fingerprint density at radius 3 is 2.26 bits per heavy atom. The third-order valence-electron chi connectivity index (χ3n) is 3.17. The Morgan fingerprint density at radius 1 is 1.09 bits per heavy atom. The Bertz CT molecular complexity index is 728. The van der Waals surface area contributed by atoms with Gasteiger partial charge < -0.3 is 30.2 Å². The van der Waals surface area contributed by atoms with Crippen molar-refractivity contribution in [3.63, 3.8) is 0 Å². The zero-order valence-corrected chi connectivity index (χ0v) is 12.8. The Balaban J connectivity index is 2.36. The van der Waals surface area contributed by atoms with Gasteiger partial charge in [-0.05, 0) is 29.8 Å². The maximum Gasteiger partial charge on any atom is 0.448 e. The summed E-state index contributed by atoms with van der Waals surface area (Å²) < 4.78 is 14.2. The Morgan fingerprint density at radius 2 is 1.70 bits per heavy atom. The molecule has 0 bridgehead atoms. The quantitative estimate of drug-likeness (QED) is 0.352.